The van der Waals surface area contributed by atoms with E-state index >= 15 is 0 Å². The lowest BCUT2D eigenvalue weighted by atomic mass is 10.3. The molecule has 4 rings (SSSR count). The summed E-state index contributed by atoms with van der Waals surface area (Å²) in [5.41, 5.74) is 1.50. The average Bonchev–Trinajstić information content (AvgIpc) is 3.09. The Hall–Kier alpha value is -3.03. The molecule has 0 aromatic carbocycles. The largest absolute Gasteiger partial charge is 0.327 e. The van der Waals surface area contributed by atoms with Crippen LogP contribution in [0.25, 0.3) is 5.65 Å². The number of aromatic amines is 1. The van der Waals surface area contributed by atoms with Crippen molar-refractivity contribution < 1.29 is 9.18 Å². The lowest BCUT2D eigenvalue weighted by molar-refractivity contribution is 0.0739. The van der Waals surface area contributed by atoms with Crippen molar-refractivity contribution in [2.24, 2.45) is 0 Å². The van der Waals surface area contributed by atoms with Gasteiger partial charge in [0.2, 0.25) is 5.95 Å². The van der Waals surface area contributed by atoms with Crippen LogP contribution in [0, 0.1) is 19.8 Å². The van der Waals surface area contributed by atoms with E-state index in [1.165, 1.54) is 9.30 Å². The van der Waals surface area contributed by atoms with Crippen LogP contribution >= 0.6 is 0 Å². The Morgan fingerprint density at radius 3 is 2.79 bits per heavy atom. The molecule has 1 N–H and O–H groups in total. The molecule has 0 unspecified atom stereocenters. The van der Waals surface area contributed by atoms with Crippen molar-refractivity contribution in [1.82, 2.24) is 24.3 Å². The summed E-state index contributed by atoms with van der Waals surface area (Å²) in [7, 11) is 0. The molecule has 0 spiro atoms. The monoisotopic (exact) mass is 327 g/mol. The number of aromatic nitrogens is 4. The van der Waals surface area contributed by atoms with Crippen LogP contribution in [-0.2, 0) is 13.1 Å². The molecule has 0 atom stereocenters. The van der Waals surface area contributed by atoms with Gasteiger partial charge in [-0.1, -0.05) is 6.07 Å². The maximum atomic E-state index is 14.6. The second-order valence-corrected chi connectivity index (χ2v) is 5.85. The van der Waals surface area contributed by atoms with Crippen LogP contribution < -0.4 is 5.56 Å². The fraction of sp³-hybridized carbons (Fsp3) is 0.250. The van der Waals surface area contributed by atoms with Gasteiger partial charge in [-0.15, -0.1) is 0 Å². The molecule has 1 aliphatic heterocycles. The summed E-state index contributed by atoms with van der Waals surface area (Å²) in [6.45, 7) is 3.69. The summed E-state index contributed by atoms with van der Waals surface area (Å²) >= 11 is 0. The molecule has 1 amide bonds. The van der Waals surface area contributed by atoms with Gasteiger partial charge in [-0.2, -0.15) is 4.39 Å². The predicted molar refractivity (Wildman–Crippen MR) is 83.1 cm³/mol. The second kappa shape index (κ2) is 4.98. The summed E-state index contributed by atoms with van der Waals surface area (Å²) in [5, 5.41) is 0. The number of amides is 1. The number of carbonyl (C=O) groups is 1. The van der Waals surface area contributed by atoms with Crippen LogP contribution in [0.5, 0.6) is 0 Å². The number of nitrogens with one attached hydrogen (secondary N) is 1. The highest BCUT2D eigenvalue weighted by Crippen LogP contribution is 2.22. The Kier molecular flexibility index (Phi) is 3.02. The van der Waals surface area contributed by atoms with Gasteiger partial charge in [-0.25, -0.2) is 9.97 Å². The summed E-state index contributed by atoms with van der Waals surface area (Å²) < 4.78 is 15.9. The molecule has 0 bridgehead atoms. The van der Waals surface area contributed by atoms with Crippen molar-refractivity contribution in [2.45, 2.75) is 26.9 Å². The number of halogens is 1. The predicted octanol–water partition coefficient (Wildman–Crippen LogP) is 1.33. The van der Waals surface area contributed by atoms with Crippen molar-refractivity contribution in [2.75, 3.05) is 0 Å². The molecule has 0 fully saturated rings. The number of aryl methyl sites for hydroxylation is 2. The molecule has 0 aliphatic carbocycles. The van der Waals surface area contributed by atoms with Gasteiger partial charge in [0.1, 0.15) is 11.5 Å². The second-order valence-electron chi connectivity index (χ2n) is 5.85. The Labute approximate surface area is 135 Å². The highest BCUT2D eigenvalue weighted by atomic mass is 19.1. The van der Waals surface area contributed by atoms with Gasteiger partial charge in [0.25, 0.3) is 11.5 Å². The van der Waals surface area contributed by atoms with Gasteiger partial charge in [0, 0.05) is 5.69 Å². The van der Waals surface area contributed by atoms with E-state index in [9.17, 15) is 14.0 Å². The van der Waals surface area contributed by atoms with Gasteiger partial charge >= 0.3 is 0 Å². The topological polar surface area (TPSA) is 83.4 Å². The lowest BCUT2D eigenvalue weighted by Crippen LogP contribution is -2.27. The smallest absolute Gasteiger partial charge is 0.277 e. The van der Waals surface area contributed by atoms with Crippen molar-refractivity contribution in [3.8, 4) is 0 Å². The zero-order valence-corrected chi connectivity index (χ0v) is 13.1. The van der Waals surface area contributed by atoms with Crippen LogP contribution in [0.4, 0.5) is 4.39 Å². The highest BCUT2D eigenvalue weighted by molar-refractivity contribution is 5.93. The molecule has 8 heteroatoms. The molecule has 0 radical (unpaired) electrons. The Bertz CT molecular complexity index is 1050. The molecule has 3 aromatic rings. The number of hydrogen-bond donors (Lipinski definition) is 1. The minimum Gasteiger partial charge on any atom is -0.327 e. The van der Waals surface area contributed by atoms with Crippen molar-refractivity contribution in [1.29, 1.82) is 0 Å². The van der Waals surface area contributed by atoms with Crippen LogP contribution in [0.3, 0.4) is 0 Å². The van der Waals surface area contributed by atoms with Gasteiger partial charge < -0.3 is 9.88 Å². The third-order valence-corrected chi connectivity index (χ3v) is 4.18. The van der Waals surface area contributed by atoms with Gasteiger partial charge in [-0.3, -0.25) is 14.0 Å². The molecule has 24 heavy (non-hydrogen) atoms. The molecule has 122 valence electrons. The normalized spacial score (nSPS) is 13.5. The summed E-state index contributed by atoms with van der Waals surface area (Å²) in [6.07, 6.45) is 0. The van der Waals surface area contributed by atoms with Crippen LogP contribution in [0.2, 0.25) is 0 Å². The van der Waals surface area contributed by atoms with E-state index in [-0.39, 0.29) is 24.3 Å². The molecule has 3 aromatic heterocycles. The van der Waals surface area contributed by atoms with E-state index in [1.54, 1.807) is 32.0 Å². The third kappa shape index (κ3) is 2.03. The first-order valence-electron chi connectivity index (χ1n) is 7.47. The molecule has 0 saturated heterocycles. The minimum atomic E-state index is -0.692. The number of fused-ring (bicyclic) bond motifs is 2. The van der Waals surface area contributed by atoms with Crippen LogP contribution in [0.15, 0.2) is 23.0 Å². The standard InChI is InChI=1S/C16H14FN5O2/c1-8-4-3-5-12-20-13(14(17)22(8)12)16(24)21-6-10-11(7-21)18-9(2)19-15(10)23/h3-5H,6-7H2,1-2H3,(H,18,19,23). The molecular weight excluding hydrogens is 313 g/mol. The van der Waals surface area contributed by atoms with E-state index in [0.717, 1.165) is 0 Å². The highest BCUT2D eigenvalue weighted by Gasteiger charge is 2.31. The van der Waals surface area contributed by atoms with E-state index in [1.807, 2.05) is 0 Å². The quantitative estimate of drug-likeness (QED) is 0.731. The average molecular weight is 327 g/mol. The van der Waals surface area contributed by atoms with Gasteiger partial charge in [0.05, 0.1) is 24.3 Å². The number of pyridine rings is 1. The summed E-state index contributed by atoms with van der Waals surface area (Å²) in [6, 6.07) is 5.13. The molecule has 4 heterocycles. The van der Waals surface area contributed by atoms with Crippen LogP contribution in [-0.4, -0.2) is 30.2 Å². The first kappa shape index (κ1) is 14.6. The number of rotatable bonds is 1. The zero-order valence-electron chi connectivity index (χ0n) is 13.1. The van der Waals surface area contributed by atoms with Crippen LogP contribution in [0.1, 0.15) is 33.3 Å². The Balaban J connectivity index is 1.74. The minimum absolute atomic E-state index is 0.100. The Morgan fingerprint density at radius 2 is 2.04 bits per heavy atom. The molecule has 7 nitrogen and oxygen atoms in total. The number of nitrogens with zero attached hydrogens (tertiary/aromatic N) is 4. The SMILES string of the molecule is Cc1nc2c(c(=O)[nH]1)CN(C(=O)c1nc3cccc(C)n3c1F)C2. The first-order chi connectivity index (χ1) is 11.5. The number of H-pyrrole nitrogens is 1. The van der Waals surface area contributed by atoms with Crippen molar-refractivity contribution >= 4 is 11.6 Å². The molecular formula is C16H14FN5O2. The maximum Gasteiger partial charge on any atom is 0.277 e. The van der Waals surface area contributed by atoms with E-state index in [0.29, 0.717) is 28.4 Å². The fourth-order valence-electron chi connectivity index (χ4n) is 3.03. The Morgan fingerprint density at radius 1 is 1.25 bits per heavy atom. The number of carbonyl (C=O) groups excluding carboxylic acids is 1. The summed E-state index contributed by atoms with van der Waals surface area (Å²) in [5.74, 6) is -0.754. The van der Waals surface area contributed by atoms with Crippen molar-refractivity contribution in [3.05, 3.63) is 63.0 Å². The van der Waals surface area contributed by atoms with Crippen molar-refractivity contribution in [3.63, 3.8) is 0 Å². The maximum absolute atomic E-state index is 14.6. The summed E-state index contributed by atoms with van der Waals surface area (Å²) in [4.78, 5) is 37.0. The van der Waals surface area contributed by atoms with E-state index in [2.05, 4.69) is 15.0 Å². The first-order valence-corrected chi connectivity index (χ1v) is 7.47. The van der Waals surface area contributed by atoms with Gasteiger partial charge in [0.15, 0.2) is 5.69 Å². The fourth-order valence-corrected chi connectivity index (χ4v) is 3.03. The number of hydrogen-bond acceptors (Lipinski definition) is 4. The number of imidazole rings is 1. The molecule has 1 aliphatic rings. The molecule has 0 saturated carbocycles. The third-order valence-electron chi connectivity index (χ3n) is 4.18. The van der Waals surface area contributed by atoms with E-state index < -0.39 is 11.9 Å². The van der Waals surface area contributed by atoms with Gasteiger partial charge in [-0.05, 0) is 26.0 Å². The van der Waals surface area contributed by atoms with E-state index in [4.69, 9.17) is 0 Å². The lowest BCUT2D eigenvalue weighted by Gasteiger charge is -2.12. The zero-order chi connectivity index (χ0) is 17.0.